The van der Waals surface area contributed by atoms with E-state index in [1.54, 1.807) is 17.4 Å². The van der Waals surface area contributed by atoms with Crippen LogP contribution in [0.4, 0.5) is 4.39 Å². The van der Waals surface area contributed by atoms with Crippen molar-refractivity contribution < 1.29 is 18.4 Å². The van der Waals surface area contributed by atoms with Crippen molar-refractivity contribution in [3.63, 3.8) is 0 Å². The van der Waals surface area contributed by atoms with Crippen molar-refractivity contribution in [2.45, 2.75) is 37.6 Å². The molecule has 1 N–H and O–H groups in total. The van der Waals surface area contributed by atoms with E-state index in [4.69, 9.17) is 8.92 Å². The van der Waals surface area contributed by atoms with Crippen molar-refractivity contribution in [2.75, 3.05) is 6.61 Å². The van der Waals surface area contributed by atoms with E-state index in [0.717, 1.165) is 10.4 Å². The molecule has 1 saturated heterocycles. The Morgan fingerprint density at radius 2 is 2.07 bits per heavy atom. The smallest absolute Gasteiger partial charge is 0.126 e. The lowest BCUT2D eigenvalue weighted by molar-refractivity contribution is -0.108. The first-order valence-corrected chi connectivity index (χ1v) is 13.2. The number of hydrogen-bond acceptors (Lipinski definition) is 5. The van der Waals surface area contributed by atoms with Gasteiger partial charge in [0.2, 0.25) is 0 Å². The van der Waals surface area contributed by atoms with E-state index < -0.39 is 6.10 Å². The highest BCUT2D eigenvalue weighted by molar-refractivity contribution is 14.2. The molecule has 1 aliphatic heterocycles. The van der Waals surface area contributed by atoms with Crippen LogP contribution in [-0.2, 0) is 15.3 Å². The summed E-state index contributed by atoms with van der Waals surface area (Å²) in [5.74, 6) is -0.209. The van der Waals surface area contributed by atoms with Gasteiger partial charge in [-0.2, -0.15) is 0 Å². The Hall–Kier alpha value is -0.710. The van der Waals surface area contributed by atoms with Gasteiger partial charge in [-0.15, -0.1) is 11.3 Å². The van der Waals surface area contributed by atoms with Gasteiger partial charge in [-0.1, -0.05) is 24.3 Å². The zero-order valence-corrected chi connectivity index (χ0v) is 18.8. The lowest BCUT2D eigenvalue weighted by atomic mass is 9.94. The standard InChI is InChI=1S/C21H20FIO3S2/c22-19-6-5-13(20-11-16(24)10-17(26-20)12-25-28-23)7-15(19)9-18-8-14-3-1-2-4-21(14)27-18/h1-8,16-17,20,24H,9-12H2. The fraction of sp³-hybridized carbons (Fsp3) is 0.333. The van der Waals surface area contributed by atoms with Crippen LogP contribution in [0.3, 0.4) is 0 Å². The van der Waals surface area contributed by atoms with Gasteiger partial charge in [0.15, 0.2) is 0 Å². The molecule has 1 fully saturated rings. The lowest BCUT2D eigenvalue weighted by Gasteiger charge is -2.33. The fourth-order valence-electron chi connectivity index (χ4n) is 3.66. The van der Waals surface area contributed by atoms with Gasteiger partial charge >= 0.3 is 0 Å². The number of aliphatic hydroxyl groups excluding tert-OH is 1. The van der Waals surface area contributed by atoms with Crippen LogP contribution in [-0.4, -0.2) is 23.9 Å². The van der Waals surface area contributed by atoms with Gasteiger partial charge in [0, 0.05) is 50.0 Å². The summed E-state index contributed by atoms with van der Waals surface area (Å²) < 4.78 is 27.2. The van der Waals surface area contributed by atoms with Gasteiger partial charge in [0.1, 0.15) is 5.82 Å². The summed E-state index contributed by atoms with van der Waals surface area (Å²) in [6.45, 7) is 0.428. The van der Waals surface area contributed by atoms with Crippen LogP contribution < -0.4 is 0 Å². The third-order valence-corrected chi connectivity index (χ3v) is 7.06. The van der Waals surface area contributed by atoms with Gasteiger partial charge in [-0.3, -0.25) is 0 Å². The molecule has 2 heterocycles. The molecule has 0 aliphatic carbocycles. The number of hydrogen-bond donors (Lipinski definition) is 1. The first-order valence-electron chi connectivity index (χ1n) is 9.12. The molecule has 7 heteroatoms. The van der Waals surface area contributed by atoms with Gasteiger partial charge in [-0.25, -0.2) is 4.39 Å². The van der Waals surface area contributed by atoms with Crippen molar-refractivity contribution in [3.8, 4) is 0 Å². The summed E-state index contributed by atoms with van der Waals surface area (Å²) in [7, 11) is 1.26. The van der Waals surface area contributed by atoms with Crippen LogP contribution in [0, 0.1) is 5.82 Å². The van der Waals surface area contributed by atoms with Gasteiger partial charge in [-0.05, 0) is 40.8 Å². The maximum Gasteiger partial charge on any atom is 0.126 e. The molecule has 1 aromatic heterocycles. The SMILES string of the molecule is OC1CC(COSI)OC(c2ccc(F)c(Cc3cc4ccccc4s3)c2)C1. The van der Waals surface area contributed by atoms with Gasteiger partial charge in [0.05, 0.1) is 34.1 Å². The molecule has 3 nitrogen and oxygen atoms in total. The predicted octanol–water partition coefficient (Wildman–Crippen LogP) is 6.23. The second-order valence-corrected chi connectivity index (χ2v) is 9.61. The number of fused-ring (bicyclic) bond motifs is 1. The van der Waals surface area contributed by atoms with Crippen molar-refractivity contribution >= 4 is 51.8 Å². The van der Waals surface area contributed by atoms with E-state index >= 15 is 0 Å². The number of thiophene rings is 1. The highest BCUT2D eigenvalue weighted by Gasteiger charge is 2.30. The number of aliphatic hydroxyl groups is 1. The maximum absolute atomic E-state index is 14.5. The van der Waals surface area contributed by atoms with Gasteiger partial charge < -0.3 is 14.0 Å². The molecule has 3 unspecified atom stereocenters. The summed E-state index contributed by atoms with van der Waals surface area (Å²) in [6.07, 6.45) is 0.769. The third kappa shape index (κ3) is 4.88. The topological polar surface area (TPSA) is 38.7 Å². The quantitative estimate of drug-likeness (QED) is 0.303. The molecule has 0 radical (unpaired) electrons. The van der Waals surface area contributed by atoms with Crippen molar-refractivity contribution in [1.29, 1.82) is 0 Å². The van der Waals surface area contributed by atoms with E-state index in [1.807, 2.05) is 18.2 Å². The molecule has 28 heavy (non-hydrogen) atoms. The highest BCUT2D eigenvalue weighted by atomic mass is 127. The van der Waals surface area contributed by atoms with E-state index in [0.29, 0.717) is 31.4 Å². The van der Waals surface area contributed by atoms with E-state index in [1.165, 1.54) is 25.4 Å². The first kappa shape index (κ1) is 20.6. The fourth-order valence-corrected chi connectivity index (χ4v) is 5.39. The summed E-state index contributed by atoms with van der Waals surface area (Å²) >= 11 is 3.76. The third-order valence-electron chi connectivity index (χ3n) is 4.96. The summed E-state index contributed by atoms with van der Waals surface area (Å²) in [4.78, 5) is 1.13. The van der Waals surface area contributed by atoms with E-state index in [2.05, 4.69) is 39.4 Å². The molecule has 2 aromatic carbocycles. The average Bonchev–Trinajstić information content (AvgIpc) is 3.10. The van der Waals surface area contributed by atoms with Gasteiger partial charge in [0.25, 0.3) is 0 Å². The summed E-state index contributed by atoms with van der Waals surface area (Å²) in [5, 5.41) is 11.4. The Kier molecular flexibility index (Phi) is 6.90. The Morgan fingerprint density at radius 3 is 2.89 bits per heavy atom. The largest absolute Gasteiger partial charge is 0.393 e. The van der Waals surface area contributed by atoms with Crippen molar-refractivity contribution in [1.82, 2.24) is 0 Å². The molecule has 0 amide bonds. The molecular formula is C21H20FIO3S2. The average molecular weight is 530 g/mol. The van der Waals surface area contributed by atoms with Crippen molar-refractivity contribution in [2.24, 2.45) is 0 Å². The van der Waals surface area contributed by atoms with Crippen molar-refractivity contribution in [3.05, 3.63) is 70.4 Å². The molecule has 3 aromatic rings. The number of ether oxygens (including phenoxy) is 1. The van der Waals surface area contributed by atoms with E-state index in [-0.39, 0.29) is 18.0 Å². The molecule has 1 aliphatic rings. The molecule has 0 bridgehead atoms. The second-order valence-electron chi connectivity index (χ2n) is 7.00. The molecule has 3 atom stereocenters. The first-order chi connectivity index (χ1) is 13.6. The Labute approximate surface area is 184 Å². The Bertz CT molecular complexity index is 915. The lowest BCUT2D eigenvalue weighted by Crippen LogP contribution is -2.33. The molecule has 4 rings (SSSR count). The minimum absolute atomic E-state index is 0.160. The molecule has 0 saturated carbocycles. The summed E-state index contributed by atoms with van der Waals surface area (Å²) in [5.41, 5.74) is 1.56. The summed E-state index contributed by atoms with van der Waals surface area (Å²) in [6, 6.07) is 15.5. The number of halogens is 2. The van der Waals surface area contributed by atoms with E-state index in [9.17, 15) is 9.50 Å². The minimum Gasteiger partial charge on any atom is -0.393 e. The molecule has 148 valence electrons. The van der Waals surface area contributed by atoms with Crippen LogP contribution in [0.15, 0.2) is 48.5 Å². The van der Waals surface area contributed by atoms with Crippen LogP contribution in [0.25, 0.3) is 10.1 Å². The van der Waals surface area contributed by atoms with Crippen LogP contribution >= 0.6 is 41.8 Å². The minimum atomic E-state index is -0.442. The van der Waals surface area contributed by atoms with Crippen LogP contribution in [0.1, 0.15) is 34.9 Å². The Morgan fingerprint density at radius 1 is 1.21 bits per heavy atom. The zero-order valence-electron chi connectivity index (χ0n) is 15.0. The van der Waals surface area contributed by atoms with Crippen LogP contribution in [0.2, 0.25) is 0 Å². The van der Waals surface area contributed by atoms with Crippen LogP contribution in [0.5, 0.6) is 0 Å². The predicted molar refractivity (Wildman–Crippen MR) is 121 cm³/mol. The zero-order chi connectivity index (χ0) is 19.5. The number of rotatable bonds is 6. The number of benzene rings is 2. The normalized spacial score (nSPS) is 22.6. The Balaban J connectivity index is 1.54. The highest BCUT2D eigenvalue weighted by Crippen LogP contribution is 2.34. The maximum atomic E-state index is 14.5. The monoisotopic (exact) mass is 530 g/mol. The molecule has 0 spiro atoms. The second kappa shape index (κ2) is 9.40. The molecular weight excluding hydrogens is 510 g/mol.